The smallest absolute Gasteiger partial charge is 0.265 e. The molecule has 3 aliphatic rings. The summed E-state index contributed by atoms with van der Waals surface area (Å²) in [6.07, 6.45) is 3.32. The minimum absolute atomic E-state index is 0.0128. The first-order valence-electron chi connectivity index (χ1n) is 13.4. The first-order chi connectivity index (χ1) is 18.9. The van der Waals surface area contributed by atoms with E-state index in [-0.39, 0.29) is 11.8 Å². The summed E-state index contributed by atoms with van der Waals surface area (Å²) in [6, 6.07) is 21.9. The molecule has 3 aliphatic heterocycles. The van der Waals surface area contributed by atoms with E-state index < -0.39 is 5.79 Å². The van der Waals surface area contributed by atoms with Crippen LogP contribution in [0.4, 0.5) is 5.69 Å². The lowest BCUT2D eigenvalue weighted by atomic mass is 10.0. The molecular weight excluding hydrogens is 508 g/mol. The Kier molecular flexibility index (Phi) is 7.06. The molecule has 0 unspecified atom stereocenters. The van der Waals surface area contributed by atoms with Gasteiger partial charge in [-0.2, -0.15) is 0 Å². The fourth-order valence-electron chi connectivity index (χ4n) is 5.45. The second-order valence-corrected chi connectivity index (χ2v) is 11.5. The molecule has 0 atom stereocenters. The van der Waals surface area contributed by atoms with Crippen LogP contribution in [0, 0.1) is 13.8 Å². The molecule has 6 nitrogen and oxygen atoms in total. The molecule has 7 heteroatoms. The fourth-order valence-corrected chi connectivity index (χ4v) is 6.51. The monoisotopic (exact) mass is 540 g/mol. The summed E-state index contributed by atoms with van der Waals surface area (Å²) in [4.78, 5) is 32.3. The first kappa shape index (κ1) is 25.9. The summed E-state index contributed by atoms with van der Waals surface area (Å²) in [5.41, 5.74) is 5.95. The normalized spacial score (nSPS) is 19.5. The third-order valence-electron chi connectivity index (χ3n) is 7.75. The van der Waals surface area contributed by atoms with E-state index in [0.717, 1.165) is 21.7 Å². The number of carbonyl (C=O) groups excluding carboxylic acids is 2. The molecule has 0 radical (unpaired) electrons. The molecule has 39 heavy (non-hydrogen) atoms. The molecular formula is C32H32N2O4S. The summed E-state index contributed by atoms with van der Waals surface area (Å²) in [5, 5.41) is 0. The average molecular weight is 541 g/mol. The number of nitrogens with zero attached hydrogens (tertiary/aromatic N) is 2. The lowest BCUT2D eigenvalue weighted by Gasteiger charge is -2.37. The topological polar surface area (TPSA) is 59.1 Å². The Morgan fingerprint density at radius 3 is 2.44 bits per heavy atom. The van der Waals surface area contributed by atoms with E-state index in [1.165, 1.54) is 22.9 Å². The lowest BCUT2D eigenvalue weighted by molar-refractivity contribution is -0.181. The Morgan fingerprint density at radius 1 is 0.974 bits per heavy atom. The van der Waals surface area contributed by atoms with E-state index in [9.17, 15) is 9.59 Å². The molecule has 0 N–H and O–H groups in total. The highest BCUT2D eigenvalue weighted by Crippen LogP contribution is 2.43. The van der Waals surface area contributed by atoms with Gasteiger partial charge in [0.25, 0.3) is 11.8 Å². The van der Waals surface area contributed by atoms with E-state index in [4.69, 9.17) is 9.47 Å². The Morgan fingerprint density at radius 2 is 1.69 bits per heavy atom. The number of anilines is 1. The predicted molar refractivity (Wildman–Crippen MR) is 154 cm³/mol. The van der Waals surface area contributed by atoms with Gasteiger partial charge >= 0.3 is 0 Å². The standard InChI is InChI=1S/C32H32N2O4S/c1-22-7-8-23(2)26(19-22)21-34-27-5-3-4-6-28(27)39-29(31(34)36)20-24-9-11-25(12-10-24)30(35)33-15-13-32(14-16-33)37-17-18-38-32/h3-12,19-20H,13-18,21H2,1-2H3. The third-order valence-corrected chi connectivity index (χ3v) is 8.82. The van der Waals surface area contributed by atoms with Gasteiger partial charge in [0, 0.05) is 36.4 Å². The van der Waals surface area contributed by atoms with Gasteiger partial charge in [0.2, 0.25) is 0 Å². The van der Waals surface area contributed by atoms with E-state index in [0.29, 0.717) is 56.2 Å². The molecule has 200 valence electrons. The van der Waals surface area contributed by atoms with Crippen LogP contribution in [0.2, 0.25) is 0 Å². The zero-order chi connectivity index (χ0) is 27.0. The van der Waals surface area contributed by atoms with Gasteiger partial charge < -0.3 is 19.3 Å². The Hall–Kier alpha value is -3.39. The third kappa shape index (κ3) is 5.26. The molecule has 2 saturated heterocycles. The number of hydrogen-bond donors (Lipinski definition) is 0. The van der Waals surface area contributed by atoms with Crippen LogP contribution in [0.5, 0.6) is 0 Å². The summed E-state index contributed by atoms with van der Waals surface area (Å²) in [7, 11) is 0. The minimum Gasteiger partial charge on any atom is -0.347 e. The maximum absolute atomic E-state index is 13.7. The van der Waals surface area contributed by atoms with Gasteiger partial charge in [0.05, 0.1) is 30.4 Å². The molecule has 0 bridgehead atoms. The van der Waals surface area contributed by atoms with Crippen LogP contribution in [0.15, 0.2) is 76.5 Å². The second kappa shape index (κ2) is 10.6. The largest absolute Gasteiger partial charge is 0.347 e. The van der Waals surface area contributed by atoms with Gasteiger partial charge in [-0.3, -0.25) is 9.59 Å². The number of fused-ring (bicyclic) bond motifs is 1. The van der Waals surface area contributed by atoms with Gasteiger partial charge in [-0.15, -0.1) is 0 Å². The molecule has 0 saturated carbocycles. The van der Waals surface area contributed by atoms with Crippen molar-refractivity contribution in [1.82, 2.24) is 4.90 Å². The number of likely N-dealkylation sites (tertiary alicyclic amines) is 1. The molecule has 3 heterocycles. The number of ether oxygens (including phenoxy) is 2. The first-order valence-corrected chi connectivity index (χ1v) is 14.3. The number of piperidine rings is 1. The quantitative estimate of drug-likeness (QED) is 0.382. The lowest BCUT2D eigenvalue weighted by Crippen LogP contribution is -2.47. The van der Waals surface area contributed by atoms with Crippen LogP contribution < -0.4 is 4.90 Å². The summed E-state index contributed by atoms with van der Waals surface area (Å²) < 4.78 is 11.6. The number of amides is 2. The van der Waals surface area contributed by atoms with E-state index in [2.05, 4.69) is 38.1 Å². The van der Waals surface area contributed by atoms with Gasteiger partial charge in [-0.05, 0) is 60.9 Å². The fraction of sp³-hybridized carbons (Fsp3) is 0.312. The maximum Gasteiger partial charge on any atom is 0.265 e. The van der Waals surface area contributed by atoms with Crippen LogP contribution in [-0.2, 0) is 20.8 Å². The van der Waals surface area contributed by atoms with Crippen molar-refractivity contribution in [1.29, 1.82) is 0 Å². The van der Waals surface area contributed by atoms with Crippen molar-refractivity contribution < 1.29 is 19.1 Å². The number of aryl methyl sites for hydroxylation is 2. The summed E-state index contributed by atoms with van der Waals surface area (Å²) in [6.45, 7) is 7.16. The van der Waals surface area contributed by atoms with Gasteiger partial charge in [-0.1, -0.05) is 59.8 Å². The average Bonchev–Trinajstić information content (AvgIpc) is 3.41. The number of para-hydroxylation sites is 1. The number of rotatable bonds is 4. The van der Waals surface area contributed by atoms with E-state index >= 15 is 0 Å². The highest BCUT2D eigenvalue weighted by molar-refractivity contribution is 8.04. The molecule has 3 aromatic carbocycles. The highest BCUT2D eigenvalue weighted by atomic mass is 32.2. The molecule has 6 rings (SSSR count). The summed E-state index contributed by atoms with van der Waals surface area (Å²) in [5.74, 6) is -0.501. The zero-order valence-electron chi connectivity index (χ0n) is 22.3. The minimum atomic E-state index is -0.498. The Bertz CT molecular complexity index is 1430. The zero-order valence-corrected chi connectivity index (χ0v) is 23.1. The maximum atomic E-state index is 13.7. The number of carbonyl (C=O) groups is 2. The van der Waals surface area contributed by atoms with Gasteiger partial charge in [0.15, 0.2) is 5.79 Å². The highest BCUT2D eigenvalue weighted by Gasteiger charge is 2.40. The van der Waals surface area contributed by atoms with Crippen molar-refractivity contribution >= 4 is 35.3 Å². The number of hydrogen-bond acceptors (Lipinski definition) is 5. The number of thioether (sulfide) groups is 1. The summed E-state index contributed by atoms with van der Waals surface area (Å²) >= 11 is 1.49. The molecule has 1 spiro atoms. The van der Waals surface area contributed by atoms with Crippen molar-refractivity contribution in [3.63, 3.8) is 0 Å². The molecule has 2 fully saturated rings. The van der Waals surface area contributed by atoms with E-state index in [1.54, 1.807) is 0 Å². The van der Waals surface area contributed by atoms with Crippen molar-refractivity contribution in [2.75, 3.05) is 31.2 Å². The van der Waals surface area contributed by atoms with Crippen LogP contribution in [-0.4, -0.2) is 48.8 Å². The van der Waals surface area contributed by atoms with Crippen LogP contribution in [0.3, 0.4) is 0 Å². The number of benzene rings is 3. The van der Waals surface area contributed by atoms with Crippen molar-refractivity contribution in [2.24, 2.45) is 0 Å². The van der Waals surface area contributed by atoms with Crippen molar-refractivity contribution in [3.05, 3.63) is 99.5 Å². The van der Waals surface area contributed by atoms with Gasteiger partial charge in [-0.25, -0.2) is 0 Å². The van der Waals surface area contributed by atoms with Crippen molar-refractivity contribution in [3.8, 4) is 0 Å². The SMILES string of the molecule is Cc1ccc(C)c(CN2C(=O)C(=Cc3ccc(C(=O)N4CCC5(CC4)OCCO5)cc3)Sc3ccccc32)c1. The Labute approximate surface area is 233 Å². The molecule has 3 aromatic rings. The van der Waals surface area contributed by atoms with Crippen LogP contribution >= 0.6 is 11.8 Å². The molecule has 0 aliphatic carbocycles. The van der Waals surface area contributed by atoms with Gasteiger partial charge in [0.1, 0.15) is 0 Å². The van der Waals surface area contributed by atoms with E-state index in [1.807, 2.05) is 58.3 Å². The Balaban J connectivity index is 1.20. The molecule has 2 amide bonds. The second-order valence-electron chi connectivity index (χ2n) is 10.4. The van der Waals surface area contributed by atoms with Crippen LogP contribution in [0.25, 0.3) is 6.08 Å². The predicted octanol–water partition coefficient (Wildman–Crippen LogP) is 5.96. The molecule has 0 aromatic heterocycles. The van der Waals surface area contributed by atoms with Crippen molar-refractivity contribution in [2.45, 2.75) is 43.9 Å². The van der Waals surface area contributed by atoms with Crippen LogP contribution in [0.1, 0.15) is 45.5 Å².